The van der Waals surface area contributed by atoms with E-state index in [0.29, 0.717) is 17.9 Å². The Morgan fingerprint density at radius 3 is 2.70 bits per heavy atom. The molecule has 1 heterocycles. The second-order valence-electron chi connectivity index (χ2n) is 4.31. The normalized spacial score (nSPS) is 9.80. The molecule has 5 heteroatoms. The number of aryl methyl sites for hydroxylation is 1. The molecule has 2 aromatic rings. The van der Waals surface area contributed by atoms with E-state index in [1.165, 1.54) is 0 Å². The van der Waals surface area contributed by atoms with Gasteiger partial charge in [0, 0.05) is 18.9 Å². The summed E-state index contributed by atoms with van der Waals surface area (Å²) in [6, 6.07) is 12.5. The van der Waals surface area contributed by atoms with Gasteiger partial charge in [0.2, 0.25) is 0 Å². The average Bonchev–Trinajstić information content (AvgIpc) is 2.89. The highest BCUT2D eigenvalue weighted by Gasteiger charge is 2.04. The van der Waals surface area contributed by atoms with Crippen LogP contribution in [0.15, 0.2) is 42.6 Å². The molecule has 2 rings (SSSR count). The van der Waals surface area contributed by atoms with E-state index in [-0.39, 0.29) is 12.5 Å². The van der Waals surface area contributed by atoms with Crippen LogP contribution in [-0.4, -0.2) is 17.1 Å². The summed E-state index contributed by atoms with van der Waals surface area (Å²) in [6.07, 6.45) is 1.93. The largest absolute Gasteiger partial charge is 0.484 e. The van der Waals surface area contributed by atoms with Crippen molar-refractivity contribution in [2.75, 3.05) is 6.61 Å². The Morgan fingerprint density at radius 2 is 2.10 bits per heavy atom. The van der Waals surface area contributed by atoms with E-state index >= 15 is 0 Å². The fraction of sp³-hybridized carbons (Fsp3) is 0.200. The van der Waals surface area contributed by atoms with Crippen LogP contribution in [0.4, 0.5) is 0 Å². The first kappa shape index (κ1) is 13.7. The van der Waals surface area contributed by atoms with Crippen molar-refractivity contribution >= 4 is 5.91 Å². The Bertz CT molecular complexity index is 623. The van der Waals surface area contributed by atoms with E-state index in [1.807, 2.05) is 36.0 Å². The van der Waals surface area contributed by atoms with Gasteiger partial charge in [-0.05, 0) is 36.4 Å². The molecular weight excluding hydrogens is 254 g/mol. The number of amides is 1. The summed E-state index contributed by atoms with van der Waals surface area (Å²) in [5.41, 5.74) is 1.59. The number of nitrogens with zero attached hydrogens (tertiary/aromatic N) is 2. The van der Waals surface area contributed by atoms with E-state index in [1.54, 1.807) is 24.3 Å². The first-order valence-corrected chi connectivity index (χ1v) is 6.19. The molecule has 1 aromatic carbocycles. The molecule has 1 N–H and O–H groups in total. The minimum Gasteiger partial charge on any atom is -0.484 e. The number of aromatic nitrogens is 1. The van der Waals surface area contributed by atoms with E-state index in [0.717, 1.165) is 5.69 Å². The molecule has 20 heavy (non-hydrogen) atoms. The van der Waals surface area contributed by atoms with Crippen LogP contribution in [0, 0.1) is 11.3 Å². The van der Waals surface area contributed by atoms with Gasteiger partial charge in [0.15, 0.2) is 6.61 Å². The van der Waals surface area contributed by atoms with Gasteiger partial charge in [-0.15, -0.1) is 0 Å². The molecule has 1 amide bonds. The van der Waals surface area contributed by atoms with E-state index < -0.39 is 0 Å². The number of nitrogens with one attached hydrogen (secondary N) is 1. The second kappa shape index (κ2) is 6.43. The van der Waals surface area contributed by atoms with E-state index in [9.17, 15) is 4.79 Å². The van der Waals surface area contributed by atoms with Crippen LogP contribution in [0.1, 0.15) is 11.3 Å². The molecule has 102 valence electrons. The Kier molecular flexibility index (Phi) is 4.40. The predicted molar refractivity (Wildman–Crippen MR) is 73.9 cm³/mol. The molecule has 0 saturated carbocycles. The van der Waals surface area contributed by atoms with Crippen molar-refractivity contribution in [2.45, 2.75) is 6.54 Å². The van der Waals surface area contributed by atoms with Crippen molar-refractivity contribution in [1.29, 1.82) is 5.26 Å². The second-order valence-corrected chi connectivity index (χ2v) is 4.31. The first-order chi connectivity index (χ1) is 9.69. The summed E-state index contributed by atoms with van der Waals surface area (Å²) in [6.45, 7) is 0.426. The topological polar surface area (TPSA) is 67.1 Å². The number of carbonyl (C=O) groups excluding carboxylic acids is 1. The highest BCUT2D eigenvalue weighted by atomic mass is 16.5. The first-order valence-electron chi connectivity index (χ1n) is 6.19. The van der Waals surface area contributed by atoms with Crippen molar-refractivity contribution in [2.24, 2.45) is 7.05 Å². The lowest BCUT2D eigenvalue weighted by atomic mass is 10.2. The third kappa shape index (κ3) is 3.62. The molecule has 0 fully saturated rings. The van der Waals surface area contributed by atoms with Crippen LogP contribution in [-0.2, 0) is 18.4 Å². The minimum absolute atomic E-state index is 0.0453. The van der Waals surface area contributed by atoms with Gasteiger partial charge in [-0.1, -0.05) is 0 Å². The van der Waals surface area contributed by atoms with Crippen molar-refractivity contribution in [3.63, 3.8) is 0 Å². The van der Waals surface area contributed by atoms with Gasteiger partial charge in [0.1, 0.15) is 5.75 Å². The molecular formula is C15H15N3O2. The standard InChI is InChI=1S/C15H15N3O2/c1-18-8-2-3-13(18)10-17-15(19)11-20-14-6-4-12(9-16)5-7-14/h2-8H,10-11H2,1H3,(H,17,19). The molecule has 0 saturated heterocycles. The van der Waals surface area contributed by atoms with Crippen LogP contribution in [0.2, 0.25) is 0 Å². The molecule has 0 radical (unpaired) electrons. The Labute approximate surface area is 117 Å². The third-order valence-electron chi connectivity index (χ3n) is 2.87. The van der Waals surface area contributed by atoms with Gasteiger partial charge in [-0.2, -0.15) is 5.26 Å². The molecule has 0 unspecified atom stereocenters. The van der Waals surface area contributed by atoms with Gasteiger partial charge >= 0.3 is 0 Å². The van der Waals surface area contributed by atoms with Crippen molar-refractivity contribution in [1.82, 2.24) is 9.88 Å². The quantitative estimate of drug-likeness (QED) is 0.896. The van der Waals surface area contributed by atoms with Crippen molar-refractivity contribution in [3.8, 4) is 11.8 Å². The zero-order valence-corrected chi connectivity index (χ0v) is 11.2. The lowest BCUT2D eigenvalue weighted by molar-refractivity contribution is -0.123. The Balaban J connectivity index is 1.77. The lowest BCUT2D eigenvalue weighted by Gasteiger charge is -2.08. The summed E-state index contributed by atoms with van der Waals surface area (Å²) in [5.74, 6) is 0.383. The third-order valence-corrected chi connectivity index (χ3v) is 2.87. The summed E-state index contributed by atoms with van der Waals surface area (Å²) < 4.78 is 7.29. The fourth-order valence-electron chi connectivity index (χ4n) is 1.69. The molecule has 0 bridgehead atoms. The zero-order chi connectivity index (χ0) is 14.4. The van der Waals surface area contributed by atoms with Crippen LogP contribution in [0.25, 0.3) is 0 Å². The maximum atomic E-state index is 11.6. The lowest BCUT2D eigenvalue weighted by Crippen LogP contribution is -2.29. The summed E-state index contributed by atoms with van der Waals surface area (Å²) in [5, 5.41) is 11.5. The van der Waals surface area contributed by atoms with Crippen molar-refractivity contribution < 1.29 is 9.53 Å². The SMILES string of the molecule is Cn1cccc1CNC(=O)COc1ccc(C#N)cc1. The van der Waals surface area contributed by atoms with E-state index in [2.05, 4.69) is 5.32 Å². The summed E-state index contributed by atoms with van der Waals surface area (Å²) in [7, 11) is 1.93. The number of hydrogen-bond donors (Lipinski definition) is 1. The number of benzene rings is 1. The van der Waals surface area contributed by atoms with Crippen LogP contribution in [0.3, 0.4) is 0 Å². The highest BCUT2D eigenvalue weighted by molar-refractivity contribution is 5.77. The average molecular weight is 269 g/mol. The number of nitriles is 1. The van der Waals surface area contributed by atoms with Crippen LogP contribution >= 0.6 is 0 Å². The maximum absolute atomic E-state index is 11.6. The maximum Gasteiger partial charge on any atom is 0.258 e. The number of carbonyl (C=O) groups is 1. The van der Waals surface area contributed by atoms with Crippen molar-refractivity contribution in [3.05, 3.63) is 53.9 Å². The smallest absolute Gasteiger partial charge is 0.258 e. The molecule has 1 aromatic heterocycles. The van der Waals surface area contributed by atoms with Crippen LogP contribution < -0.4 is 10.1 Å². The molecule has 0 aliphatic rings. The molecule has 0 atom stereocenters. The van der Waals surface area contributed by atoms with Gasteiger partial charge in [0.25, 0.3) is 5.91 Å². The number of hydrogen-bond acceptors (Lipinski definition) is 3. The van der Waals surface area contributed by atoms with Crippen LogP contribution in [0.5, 0.6) is 5.75 Å². The van der Waals surface area contributed by atoms with E-state index in [4.69, 9.17) is 10.00 Å². The zero-order valence-electron chi connectivity index (χ0n) is 11.2. The predicted octanol–water partition coefficient (Wildman–Crippen LogP) is 1.59. The molecule has 0 aliphatic carbocycles. The Morgan fingerprint density at radius 1 is 1.35 bits per heavy atom. The van der Waals surface area contributed by atoms with Gasteiger partial charge in [-0.25, -0.2) is 0 Å². The number of ether oxygens (including phenoxy) is 1. The van der Waals surface area contributed by atoms with Gasteiger partial charge in [-0.3, -0.25) is 4.79 Å². The fourth-order valence-corrected chi connectivity index (χ4v) is 1.69. The summed E-state index contributed by atoms with van der Waals surface area (Å²) in [4.78, 5) is 11.6. The minimum atomic E-state index is -0.185. The monoisotopic (exact) mass is 269 g/mol. The highest BCUT2D eigenvalue weighted by Crippen LogP contribution is 2.11. The van der Waals surface area contributed by atoms with Gasteiger partial charge < -0.3 is 14.6 Å². The molecule has 5 nitrogen and oxygen atoms in total. The van der Waals surface area contributed by atoms with Gasteiger partial charge in [0.05, 0.1) is 18.2 Å². The number of rotatable bonds is 5. The molecule has 0 spiro atoms. The Hall–Kier alpha value is -2.74. The molecule has 0 aliphatic heterocycles. The summed E-state index contributed by atoms with van der Waals surface area (Å²) >= 11 is 0.